The van der Waals surface area contributed by atoms with E-state index >= 15 is 0 Å². The maximum absolute atomic E-state index is 11.9. The summed E-state index contributed by atoms with van der Waals surface area (Å²) in [6.45, 7) is 0. The average molecular weight is 252 g/mol. The van der Waals surface area contributed by atoms with Gasteiger partial charge in [-0.2, -0.15) is 0 Å². The van der Waals surface area contributed by atoms with Gasteiger partial charge in [0.2, 0.25) is 0 Å². The highest BCUT2D eigenvalue weighted by Gasteiger charge is 2.31. The number of rotatable bonds is 3. The SMILES string of the molecule is O=C(O)Cc1cc(OC(F)(F)F)ccc1S. The van der Waals surface area contributed by atoms with Crippen molar-refractivity contribution in [3.05, 3.63) is 23.8 Å². The Morgan fingerprint density at radius 3 is 2.56 bits per heavy atom. The number of ether oxygens (including phenoxy) is 1. The molecule has 0 atom stereocenters. The summed E-state index contributed by atoms with van der Waals surface area (Å²) in [5, 5.41) is 8.52. The monoisotopic (exact) mass is 252 g/mol. The van der Waals surface area contributed by atoms with E-state index in [4.69, 9.17) is 5.11 Å². The third-order valence-corrected chi connectivity index (χ3v) is 2.06. The Kier molecular flexibility index (Phi) is 3.69. The third-order valence-electron chi connectivity index (χ3n) is 1.63. The summed E-state index contributed by atoms with van der Waals surface area (Å²) in [5.41, 5.74) is 0.164. The highest BCUT2D eigenvalue weighted by molar-refractivity contribution is 7.80. The van der Waals surface area contributed by atoms with E-state index in [2.05, 4.69) is 17.4 Å². The van der Waals surface area contributed by atoms with Gasteiger partial charge in [-0.3, -0.25) is 4.79 Å². The summed E-state index contributed by atoms with van der Waals surface area (Å²) < 4.78 is 39.3. The molecule has 0 saturated carbocycles. The van der Waals surface area contributed by atoms with E-state index in [-0.39, 0.29) is 5.56 Å². The molecule has 0 unspecified atom stereocenters. The number of aliphatic carboxylic acids is 1. The molecule has 16 heavy (non-hydrogen) atoms. The number of hydrogen-bond donors (Lipinski definition) is 2. The van der Waals surface area contributed by atoms with Gasteiger partial charge in [0.25, 0.3) is 0 Å². The zero-order valence-electron chi connectivity index (χ0n) is 7.78. The Morgan fingerprint density at radius 2 is 2.06 bits per heavy atom. The Labute approximate surface area is 94.2 Å². The Morgan fingerprint density at radius 1 is 1.44 bits per heavy atom. The Hall–Kier alpha value is -1.37. The number of carboxylic acids is 1. The number of alkyl halides is 3. The van der Waals surface area contributed by atoms with Crippen LogP contribution in [0.2, 0.25) is 0 Å². The maximum atomic E-state index is 11.9. The highest BCUT2D eigenvalue weighted by Crippen LogP contribution is 2.26. The topological polar surface area (TPSA) is 46.5 Å². The van der Waals surface area contributed by atoms with Crippen molar-refractivity contribution in [2.75, 3.05) is 0 Å². The van der Waals surface area contributed by atoms with E-state index in [0.29, 0.717) is 4.90 Å². The number of carboxylic acid groups (broad SMARTS) is 1. The van der Waals surface area contributed by atoms with Crippen LogP contribution in [0.5, 0.6) is 5.75 Å². The van der Waals surface area contributed by atoms with Gasteiger partial charge in [-0.05, 0) is 23.8 Å². The molecule has 0 aliphatic rings. The molecule has 0 aliphatic carbocycles. The van der Waals surface area contributed by atoms with Crippen LogP contribution >= 0.6 is 12.6 Å². The number of benzene rings is 1. The smallest absolute Gasteiger partial charge is 0.481 e. The molecule has 0 radical (unpaired) electrons. The molecule has 0 amide bonds. The summed E-state index contributed by atoms with van der Waals surface area (Å²) in [7, 11) is 0. The first-order chi connectivity index (χ1) is 7.28. The molecule has 0 spiro atoms. The quantitative estimate of drug-likeness (QED) is 0.812. The molecule has 1 aromatic carbocycles. The molecule has 1 N–H and O–H groups in total. The molecule has 0 bridgehead atoms. The van der Waals surface area contributed by atoms with Crippen LogP contribution < -0.4 is 4.74 Å². The van der Waals surface area contributed by atoms with Crippen molar-refractivity contribution >= 4 is 18.6 Å². The summed E-state index contributed by atoms with van der Waals surface area (Å²) >= 11 is 3.93. The van der Waals surface area contributed by atoms with Crippen molar-refractivity contribution in [1.29, 1.82) is 0 Å². The standard InChI is InChI=1S/C9H7F3O3S/c10-9(11,12)15-6-1-2-7(16)5(3-6)4-8(13)14/h1-3,16H,4H2,(H,13,14). The molecular formula is C9H7F3O3S. The van der Waals surface area contributed by atoms with Crippen LogP contribution in [-0.2, 0) is 11.2 Å². The average Bonchev–Trinajstić information content (AvgIpc) is 2.07. The number of thiol groups is 1. The fraction of sp³-hybridized carbons (Fsp3) is 0.222. The molecular weight excluding hydrogens is 245 g/mol. The van der Waals surface area contributed by atoms with Crippen LogP contribution in [-0.4, -0.2) is 17.4 Å². The molecule has 88 valence electrons. The van der Waals surface area contributed by atoms with E-state index in [1.165, 1.54) is 6.07 Å². The van der Waals surface area contributed by atoms with Gasteiger partial charge < -0.3 is 9.84 Å². The van der Waals surface area contributed by atoms with E-state index in [0.717, 1.165) is 12.1 Å². The molecule has 1 aromatic rings. The minimum absolute atomic E-state index is 0.164. The van der Waals surface area contributed by atoms with E-state index in [1.54, 1.807) is 0 Å². The molecule has 0 aliphatic heterocycles. The van der Waals surface area contributed by atoms with Gasteiger partial charge in [-0.15, -0.1) is 25.8 Å². The summed E-state index contributed by atoms with van der Waals surface area (Å²) in [5.74, 6) is -1.61. The molecule has 0 aromatic heterocycles. The second-order valence-corrected chi connectivity index (χ2v) is 3.39. The maximum Gasteiger partial charge on any atom is 0.573 e. The molecule has 0 heterocycles. The van der Waals surface area contributed by atoms with Crippen molar-refractivity contribution < 1.29 is 27.8 Å². The first-order valence-electron chi connectivity index (χ1n) is 4.07. The second-order valence-electron chi connectivity index (χ2n) is 2.91. The fourth-order valence-corrected chi connectivity index (χ4v) is 1.28. The first-order valence-corrected chi connectivity index (χ1v) is 4.52. The molecule has 0 saturated heterocycles. The predicted molar refractivity (Wildman–Crippen MR) is 51.7 cm³/mol. The summed E-state index contributed by atoms with van der Waals surface area (Å²) in [4.78, 5) is 10.7. The normalized spacial score (nSPS) is 11.2. The van der Waals surface area contributed by atoms with E-state index < -0.39 is 24.5 Å². The third kappa shape index (κ3) is 4.01. The van der Waals surface area contributed by atoms with Crippen molar-refractivity contribution in [2.24, 2.45) is 0 Å². The fourth-order valence-electron chi connectivity index (χ4n) is 1.06. The minimum Gasteiger partial charge on any atom is -0.481 e. The van der Waals surface area contributed by atoms with Crippen molar-refractivity contribution in [1.82, 2.24) is 0 Å². The van der Waals surface area contributed by atoms with Crippen LogP contribution in [0.25, 0.3) is 0 Å². The van der Waals surface area contributed by atoms with Crippen LogP contribution in [0.15, 0.2) is 23.1 Å². The lowest BCUT2D eigenvalue weighted by Crippen LogP contribution is -2.17. The zero-order valence-corrected chi connectivity index (χ0v) is 8.68. The lowest BCUT2D eigenvalue weighted by atomic mass is 10.1. The van der Waals surface area contributed by atoms with Gasteiger partial charge in [0.05, 0.1) is 6.42 Å². The summed E-state index contributed by atoms with van der Waals surface area (Å²) in [6.07, 6.45) is -5.20. The second kappa shape index (κ2) is 4.65. The Bertz CT molecular complexity index is 403. The highest BCUT2D eigenvalue weighted by atomic mass is 32.1. The molecule has 7 heteroatoms. The van der Waals surface area contributed by atoms with Crippen LogP contribution in [0.4, 0.5) is 13.2 Å². The molecule has 1 rings (SSSR count). The van der Waals surface area contributed by atoms with Gasteiger partial charge in [0.15, 0.2) is 0 Å². The van der Waals surface area contributed by atoms with Crippen molar-refractivity contribution in [3.8, 4) is 5.75 Å². The van der Waals surface area contributed by atoms with E-state index in [9.17, 15) is 18.0 Å². The Balaban J connectivity index is 2.93. The first kappa shape index (κ1) is 12.7. The van der Waals surface area contributed by atoms with Crippen LogP contribution in [0.3, 0.4) is 0 Å². The van der Waals surface area contributed by atoms with E-state index in [1.807, 2.05) is 0 Å². The molecule has 0 fully saturated rings. The van der Waals surface area contributed by atoms with Gasteiger partial charge in [0.1, 0.15) is 5.75 Å². The van der Waals surface area contributed by atoms with Gasteiger partial charge in [0, 0.05) is 4.90 Å². The van der Waals surface area contributed by atoms with Gasteiger partial charge in [-0.1, -0.05) is 0 Å². The summed E-state index contributed by atoms with van der Waals surface area (Å²) in [6, 6.07) is 3.33. The van der Waals surface area contributed by atoms with Crippen molar-refractivity contribution in [3.63, 3.8) is 0 Å². The number of halogens is 3. The zero-order chi connectivity index (χ0) is 12.3. The van der Waals surface area contributed by atoms with Crippen molar-refractivity contribution in [2.45, 2.75) is 17.7 Å². The largest absolute Gasteiger partial charge is 0.573 e. The molecule has 3 nitrogen and oxygen atoms in total. The number of carbonyl (C=O) groups is 1. The lowest BCUT2D eigenvalue weighted by molar-refractivity contribution is -0.274. The van der Waals surface area contributed by atoms with Crippen LogP contribution in [0, 0.1) is 0 Å². The van der Waals surface area contributed by atoms with Gasteiger partial charge >= 0.3 is 12.3 Å². The predicted octanol–water partition coefficient (Wildman–Crippen LogP) is 2.50. The van der Waals surface area contributed by atoms with Gasteiger partial charge in [-0.25, -0.2) is 0 Å². The minimum atomic E-state index is -4.79. The van der Waals surface area contributed by atoms with Crippen LogP contribution in [0.1, 0.15) is 5.56 Å². The number of hydrogen-bond acceptors (Lipinski definition) is 3. The lowest BCUT2D eigenvalue weighted by Gasteiger charge is -2.10.